The summed E-state index contributed by atoms with van der Waals surface area (Å²) in [6, 6.07) is 9.68. The van der Waals surface area contributed by atoms with E-state index in [1.165, 1.54) is 0 Å². The quantitative estimate of drug-likeness (QED) is 0.465. The monoisotopic (exact) mass is 308 g/mol. The lowest BCUT2D eigenvalue weighted by Gasteiger charge is -2.60. The van der Waals surface area contributed by atoms with Gasteiger partial charge in [0, 0.05) is 5.56 Å². The molecule has 4 fully saturated rings. The highest BCUT2D eigenvalue weighted by Crippen LogP contribution is 2.28. The van der Waals surface area contributed by atoms with Crippen LogP contribution in [0.2, 0.25) is 0 Å². The summed E-state index contributed by atoms with van der Waals surface area (Å²) in [7, 11) is 0. The highest BCUT2D eigenvalue weighted by atomic mass is 35.5. The molecule has 4 saturated heterocycles. The molecule has 0 spiro atoms. The first kappa shape index (κ1) is 14.9. The second-order valence-electron chi connectivity index (χ2n) is 6.47. The Bertz CT molecular complexity index is 486. The van der Waals surface area contributed by atoms with Crippen molar-refractivity contribution in [3.8, 4) is 0 Å². The van der Waals surface area contributed by atoms with Gasteiger partial charge in [-0.3, -0.25) is 9.28 Å². The topological polar surface area (TPSA) is 26.8 Å². The van der Waals surface area contributed by atoms with Crippen molar-refractivity contribution >= 4 is 5.78 Å². The van der Waals surface area contributed by atoms with Crippen LogP contribution >= 0.6 is 0 Å². The first-order valence-electron chi connectivity index (χ1n) is 7.33. The molecule has 0 unspecified atom stereocenters. The smallest absolute Gasteiger partial charge is 0.168 e. The lowest BCUT2D eigenvalue weighted by Crippen LogP contribution is -3.00. The van der Waals surface area contributed by atoms with Gasteiger partial charge in [0.05, 0.1) is 33.0 Å². The van der Waals surface area contributed by atoms with Crippen LogP contribution in [-0.2, 0) is 0 Å². The third-order valence-corrected chi connectivity index (χ3v) is 4.61. The number of ketones is 1. The maximum Gasteiger partial charge on any atom is 0.168 e. The Labute approximate surface area is 131 Å². The standard InChI is InChI=1S/C15H21N4O.ClH/c20-15(14-4-2-1-3-5-14)6-7-19-11-16-8-17(12-19)10-18(9-16)13-19;/h1-5H,6-13H2;1H/q+1;/p-1. The fourth-order valence-electron chi connectivity index (χ4n) is 3.98. The Hall–Kier alpha value is -0.980. The molecule has 0 saturated carbocycles. The van der Waals surface area contributed by atoms with Gasteiger partial charge in [0.15, 0.2) is 5.78 Å². The van der Waals surface area contributed by atoms with E-state index in [1.807, 2.05) is 30.3 Å². The molecule has 0 aromatic heterocycles. The molecule has 1 aromatic carbocycles. The van der Waals surface area contributed by atoms with Crippen LogP contribution in [0.25, 0.3) is 0 Å². The van der Waals surface area contributed by atoms with Crippen LogP contribution in [0.1, 0.15) is 16.8 Å². The Morgan fingerprint density at radius 1 is 0.952 bits per heavy atom. The molecule has 5 nitrogen and oxygen atoms in total. The highest BCUT2D eigenvalue weighted by Gasteiger charge is 2.48. The van der Waals surface area contributed by atoms with E-state index in [9.17, 15) is 4.79 Å². The molecule has 0 aliphatic carbocycles. The predicted molar refractivity (Wildman–Crippen MR) is 75.2 cm³/mol. The molecule has 0 N–H and O–H groups in total. The summed E-state index contributed by atoms with van der Waals surface area (Å²) in [6.07, 6.45) is 0.652. The van der Waals surface area contributed by atoms with Gasteiger partial charge in [-0.2, -0.15) is 0 Å². The van der Waals surface area contributed by atoms with Crippen LogP contribution in [0, 0.1) is 0 Å². The molecule has 0 atom stereocenters. The van der Waals surface area contributed by atoms with Crippen molar-refractivity contribution in [2.24, 2.45) is 0 Å². The van der Waals surface area contributed by atoms with Gasteiger partial charge >= 0.3 is 0 Å². The normalized spacial score (nSPS) is 36.3. The molecule has 5 rings (SSSR count). The number of nitrogens with zero attached hydrogens (tertiary/aromatic N) is 4. The van der Waals surface area contributed by atoms with Gasteiger partial charge < -0.3 is 12.4 Å². The predicted octanol–water partition coefficient (Wildman–Crippen LogP) is -2.23. The molecule has 0 amide bonds. The van der Waals surface area contributed by atoms with Crippen LogP contribution in [0.15, 0.2) is 30.3 Å². The van der Waals surface area contributed by atoms with E-state index in [-0.39, 0.29) is 18.2 Å². The molecular weight excluding hydrogens is 288 g/mol. The van der Waals surface area contributed by atoms with Crippen molar-refractivity contribution in [2.45, 2.75) is 6.42 Å². The van der Waals surface area contributed by atoms with Crippen LogP contribution in [0.3, 0.4) is 0 Å². The Balaban J connectivity index is 0.00000132. The SMILES string of the molecule is O=C(CC[N+]12CN3CN(CN(C3)C1)C2)c1ccccc1.[Cl-]. The average Bonchev–Trinajstić information content (AvgIpc) is 2.44. The summed E-state index contributed by atoms with van der Waals surface area (Å²) in [5.41, 5.74) is 0.849. The second-order valence-corrected chi connectivity index (χ2v) is 6.47. The zero-order valence-corrected chi connectivity index (χ0v) is 12.9. The van der Waals surface area contributed by atoms with Gasteiger partial charge in [-0.1, -0.05) is 30.3 Å². The minimum Gasteiger partial charge on any atom is -1.00 e. The Morgan fingerprint density at radius 3 is 2.00 bits per heavy atom. The van der Waals surface area contributed by atoms with E-state index in [1.54, 1.807) is 0 Å². The number of Topliss-reactive ketones (excluding diaryl/α,β-unsaturated/α-hetero) is 1. The summed E-state index contributed by atoms with van der Waals surface area (Å²) >= 11 is 0. The second kappa shape index (κ2) is 5.66. The van der Waals surface area contributed by atoms with E-state index < -0.39 is 0 Å². The highest BCUT2D eigenvalue weighted by molar-refractivity contribution is 5.96. The maximum absolute atomic E-state index is 12.3. The van der Waals surface area contributed by atoms with E-state index in [2.05, 4.69) is 14.7 Å². The maximum atomic E-state index is 12.3. The number of quaternary nitrogens is 1. The zero-order valence-electron chi connectivity index (χ0n) is 12.1. The lowest BCUT2D eigenvalue weighted by atomic mass is 10.1. The van der Waals surface area contributed by atoms with Crippen LogP contribution < -0.4 is 12.4 Å². The Kier molecular flexibility index (Phi) is 4.03. The van der Waals surface area contributed by atoms with Gasteiger partial charge in [-0.15, -0.1) is 0 Å². The summed E-state index contributed by atoms with van der Waals surface area (Å²) in [6.45, 7) is 7.58. The molecule has 114 valence electrons. The van der Waals surface area contributed by atoms with Crippen molar-refractivity contribution in [3.05, 3.63) is 35.9 Å². The van der Waals surface area contributed by atoms with Crippen molar-refractivity contribution in [1.82, 2.24) is 14.7 Å². The molecule has 6 heteroatoms. The fraction of sp³-hybridized carbons (Fsp3) is 0.533. The summed E-state index contributed by atoms with van der Waals surface area (Å²) in [5, 5.41) is 0. The minimum absolute atomic E-state index is 0. The van der Waals surface area contributed by atoms with E-state index in [4.69, 9.17) is 0 Å². The number of carbonyl (C=O) groups excluding carboxylic acids is 1. The molecule has 4 aliphatic rings. The van der Waals surface area contributed by atoms with Crippen molar-refractivity contribution in [1.29, 1.82) is 0 Å². The number of halogens is 1. The van der Waals surface area contributed by atoms with Crippen LogP contribution in [0.5, 0.6) is 0 Å². The number of hydrogen-bond donors (Lipinski definition) is 0. The summed E-state index contributed by atoms with van der Waals surface area (Å²) < 4.78 is 1.04. The van der Waals surface area contributed by atoms with Gasteiger partial charge in [-0.05, 0) is 0 Å². The summed E-state index contributed by atoms with van der Waals surface area (Å²) in [5.74, 6) is 0.277. The zero-order chi connectivity index (χ0) is 13.6. The lowest BCUT2D eigenvalue weighted by molar-refractivity contribution is -0.979. The van der Waals surface area contributed by atoms with Crippen LogP contribution in [-0.4, -0.2) is 71.5 Å². The van der Waals surface area contributed by atoms with E-state index in [0.717, 1.165) is 56.6 Å². The first-order valence-corrected chi connectivity index (χ1v) is 7.33. The average molecular weight is 309 g/mol. The molecular formula is C15H21ClN4O. The first-order chi connectivity index (χ1) is 9.72. The third-order valence-electron chi connectivity index (χ3n) is 4.61. The van der Waals surface area contributed by atoms with Crippen molar-refractivity contribution in [2.75, 3.05) is 46.6 Å². The molecule has 0 radical (unpaired) electrons. The van der Waals surface area contributed by atoms with Crippen LogP contribution in [0.4, 0.5) is 0 Å². The van der Waals surface area contributed by atoms with Crippen molar-refractivity contribution < 1.29 is 21.7 Å². The van der Waals surface area contributed by atoms with Gasteiger partial charge in [0.25, 0.3) is 0 Å². The van der Waals surface area contributed by atoms with Crippen molar-refractivity contribution in [3.63, 3.8) is 0 Å². The minimum atomic E-state index is 0. The number of hydrogen-bond acceptors (Lipinski definition) is 4. The number of carbonyl (C=O) groups is 1. The van der Waals surface area contributed by atoms with E-state index >= 15 is 0 Å². The van der Waals surface area contributed by atoms with Gasteiger partial charge in [-0.25, -0.2) is 14.7 Å². The third kappa shape index (κ3) is 2.84. The molecule has 4 aliphatic heterocycles. The fourth-order valence-corrected chi connectivity index (χ4v) is 3.98. The summed E-state index contributed by atoms with van der Waals surface area (Å²) in [4.78, 5) is 19.8. The van der Waals surface area contributed by atoms with E-state index in [0.29, 0.717) is 6.42 Å². The number of benzene rings is 1. The largest absolute Gasteiger partial charge is 1.00 e. The molecule has 1 aromatic rings. The molecule has 4 bridgehead atoms. The molecule has 4 heterocycles. The molecule has 21 heavy (non-hydrogen) atoms. The van der Waals surface area contributed by atoms with Gasteiger partial charge in [0.1, 0.15) is 20.0 Å². The van der Waals surface area contributed by atoms with Gasteiger partial charge in [0.2, 0.25) is 0 Å². The number of rotatable bonds is 4. The Morgan fingerprint density at radius 2 is 1.48 bits per heavy atom.